The molecule has 0 atom stereocenters. The lowest BCUT2D eigenvalue weighted by Crippen LogP contribution is -2.24. The van der Waals surface area contributed by atoms with Crippen LogP contribution in [-0.4, -0.2) is 22.0 Å². The van der Waals surface area contributed by atoms with Crippen LogP contribution in [-0.2, 0) is 6.54 Å². The average Bonchev–Trinajstić information content (AvgIpc) is 2.48. The molecule has 2 aromatic rings. The Bertz CT molecular complexity index is 701. The highest BCUT2D eigenvalue weighted by Gasteiger charge is 2.13. The predicted octanol–water partition coefficient (Wildman–Crippen LogP) is 2.16. The molecule has 0 aliphatic heterocycles. The van der Waals surface area contributed by atoms with Gasteiger partial charge in [0.1, 0.15) is 5.82 Å². The summed E-state index contributed by atoms with van der Waals surface area (Å²) in [6.07, 6.45) is 1.35. The van der Waals surface area contributed by atoms with Crippen LogP contribution in [0.2, 0.25) is 0 Å². The van der Waals surface area contributed by atoms with E-state index in [-0.39, 0.29) is 17.7 Å². The molecule has 0 spiro atoms. The second kappa shape index (κ2) is 6.13. The third-order valence-electron chi connectivity index (χ3n) is 2.93. The molecule has 0 bridgehead atoms. The molecule has 2 N–H and O–H groups in total. The zero-order chi connectivity index (χ0) is 15.4. The first-order chi connectivity index (χ1) is 9.99. The van der Waals surface area contributed by atoms with Crippen LogP contribution in [0.5, 0.6) is 0 Å². The van der Waals surface area contributed by atoms with Crippen molar-refractivity contribution < 1.29 is 19.1 Å². The van der Waals surface area contributed by atoms with Crippen molar-refractivity contribution in [1.82, 2.24) is 10.3 Å². The SMILES string of the molecule is Cc1cccc(C(=O)NCc2cc(C(=O)O)ccn2)c1F. The summed E-state index contributed by atoms with van der Waals surface area (Å²) in [4.78, 5) is 26.7. The number of nitrogens with zero attached hydrogens (tertiary/aromatic N) is 1. The van der Waals surface area contributed by atoms with Gasteiger partial charge in [0.15, 0.2) is 0 Å². The number of hydrogen-bond acceptors (Lipinski definition) is 3. The van der Waals surface area contributed by atoms with Gasteiger partial charge in [0.05, 0.1) is 23.4 Å². The minimum absolute atomic E-state index is 0.0212. The first-order valence-corrected chi connectivity index (χ1v) is 6.20. The smallest absolute Gasteiger partial charge is 0.335 e. The van der Waals surface area contributed by atoms with E-state index in [0.717, 1.165) is 0 Å². The summed E-state index contributed by atoms with van der Waals surface area (Å²) in [5.41, 5.74) is 0.797. The number of aromatic nitrogens is 1. The molecule has 0 saturated carbocycles. The van der Waals surface area contributed by atoms with Crippen LogP contribution in [0.3, 0.4) is 0 Å². The van der Waals surface area contributed by atoms with E-state index in [4.69, 9.17) is 5.11 Å². The Kier molecular flexibility index (Phi) is 4.27. The number of amides is 1. The zero-order valence-electron chi connectivity index (χ0n) is 11.3. The number of rotatable bonds is 4. The quantitative estimate of drug-likeness (QED) is 0.903. The lowest BCUT2D eigenvalue weighted by atomic mass is 10.1. The van der Waals surface area contributed by atoms with Gasteiger partial charge in [0.2, 0.25) is 0 Å². The van der Waals surface area contributed by atoms with E-state index in [0.29, 0.717) is 11.3 Å². The van der Waals surface area contributed by atoms with Gasteiger partial charge in [-0.3, -0.25) is 9.78 Å². The summed E-state index contributed by atoms with van der Waals surface area (Å²) in [7, 11) is 0. The van der Waals surface area contributed by atoms with E-state index in [1.165, 1.54) is 24.4 Å². The van der Waals surface area contributed by atoms with Gasteiger partial charge in [-0.2, -0.15) is 0 Å². The van der Waals surface area contributed by atoms with Gasteiger partial charge < -0.3 is 10.4 Å². The highest BCUT2D eigenvalue weighted by atomic mass is 19.1. The summed E-state index contributed by atoms with van der Waals surface area (Å²) in [6.45, 7) is 1.59. The zero-order valence-corrected chi connectivity index (χ0v) is 11.3. The van der Waals surface area contributed by atoms with Crippen molar-refractivity contribution in [3.05, 3.63) is 64.7 Å². The van der Waals surface area contributed by atoms with Crippen molar-refractivity contribution in [2.24, 2.45) is 0 Å². The fourth-order valence-corrected chi connectivity index (χ4v) is 1.80. The Labute approximate surface area is 120 Å². The Morgan fingerprint density at radius 3 is 2.81 bits per heavy atom. The van der Waals surface area contributed by atoms with Gasteiger partial charge in [-0.1, -0.05) is 12.1 Å². The molecule has 5 nitrogen and oxygen atoms in total. The maximum atomic E-state index is 13.8. The number of carbonyl (C=O) groups is 2. The summed E-state index contributed by atoms with van der Waals surface area (Å²) < 4.78 is 13.8. The normalized spacial score (nSPS) is 10.2. The third kappa shape index (κ3) is 3.42. The van der Waals surface area contributed by atoms with Crippen LogP contribution in [0.25, 0.3) is 0 Å². The molecule has 0 saturated heterocycles. The molecule has 0 aliphatic carbocycles. The number of hydrogen-bond donors (Lipinski definition) is 2. The van der Waals surface area contributed by atoms with E-state index in [1.807, 2.05) is 0 Å². The minimum atomic E-state index is -1.07. The van der Waals surface area contributed by atoms with Crippen LogP contribution < -0.4 is 5.32 Å². The van der Waals surface area contributed by atoms with Crippen molar-refractivity contribution >= 4 is 11.9 Å². The van der Waals surface area contributed by atoms with E-state index in [2.05, 4.69) is 10.3 Å². The first-order valence-electron chi connectivity index (χ1n) is 6.20. The molecular weight excluding hydrogens is 275 g/mol. The number of halogens is 1. The third-order valence-corrected chi connectivity index (χ3v) is 2.93. The Morgan fingerprint density at radius 1 is 1.33 bits per heavy atom. The van der Waals surface area contributed by atoms with Crippen molar-refractivity contribution in [3.8, 4) is 0 Å². The van der Waals surface area contributed by atoms with E-state index in [1.54, 1.807) is 19.1 Å². The van der Waals surface area contributed by atoms with E-state index in [9.17, 15) is 14.0 Å². The van der Waals surface area contributed by atoms with Gasteiger partial charge in [-0.25, -0.2) is 9.18 Å². The monoisotopic (exact) mass is 288 g/mol. The fourth-order valence-electron chi connectivity index (χ4n) is 1.80. The molecule has 0 unspecified atom stereocenters. The fraction of sp³-hybridized carbons (Fsp3) is 0.133. The Morgan fingerprint density at radius 2 is 2.10 bits per heavy atom. The molecule has 2 rings (SSSR count). The number of carbonyl (C=O) groups excluding carboxylic acids is 1. The topological polar surface area (TPSA) is 79.3 Å². The number of aryl methyl sites for hydroxylation is 1. The molecule has 1 heterocycles. The summed E-state index contributed by atoms with van der Waals surface area (Å²) >= 11 is 0. The van der Waals surface area contributed by atoms with E-state index >= 15 is 0 Å². The maximum Gasteiger partial charge on any atom is 0.335 e. The van der Waals surface area contributed by atoms with Crippen LogP contribution in [0.1, 0.15) is 32.0 Å². The molecule has 6 heteroatoms. The molecule has 21 heavy (non-hydrogen) atoms. The van der Waals surface area contributed by atoms with Crippen molar-refractivity contribution in [2.45, 2.75) is 13.5 Å². The molecule has 0 radical (unpaired) electrons. The Balaban J connectivity index is 2.09. The van der Waals surface area contributed by atoms with E-state index < -0.39 is 17.7 Å². The highest BCUT2D eigenvalue weighted by molar-refractivity contribution is 5.94. The molecule has 1 aromatic carbocycles. The largest absolute Gasteiger partial charge is 0.478 e. The first kappa shape index (κ1) is 14.6. The van der Waals surface area contributed by atoms with Crippen LogP contribution in [0.15, 0.2) is 36.5 Å². The average molecular weight is 288 g/mol. The molecule has 0 fully saturated rings. The van der Waals surface area contributed by atoms with Crippen molar-refractivity contribution in [1.29, 1.82) is 0 Å². The second-order valence-electron chi connectivity index (χ2n) is 4.46. The maximum absolute atomic E-state index is 13.8. The van der Waals surface area contributed by atoms with Crippen molar-refractivity contribution in [3.63, 3.8) is 0 Å². The second-order valence-corrected chi connectivity index (χ2v) is 4.46. The number of carboxylic acids is 1. The number of carboxylic acid groups (broad SMARTS) is 1. The molecule has 1 aromatic heterocycles. The number of nitrogens with one attached hydrogen (secondary N) is 1. The summed E-state index contributed by atoms with van der Waals surface area (Å²) in [5, 5.41) is 11.4. The van der Waals surface area contributed by atoms with Crippen molar-refractivity contribution in [2.75, 3.05) is 0 Å². The molecule has 0 aliphatic rings. The lowest BCUT2D eigenvalue weighted by molar-refractivity contribution is 0.0696. The van der Waals surface area contributed by atoms with Gasteiger partial charge in [-0.05, 0) is 30.7 Å². The van der Waals surface area contributed by atoms with Crippen LogP contribution in [0, 0.1) is 12.7 Å². The van der Waals surface area contributed by atoms with Crippen LogP contribution in [0.4, 0.5) is 4.39 Å². The van der Waals surface area contributed by atoms with Gasteiger partial charge in [-0.15, -0.1) is 0 Å². The Hall–Kier alpha value is -2.76. The summed E-state index contributed by atoms with van der Waals surface area (Å²) in [6, 6.07) is 7.27. The van der Waals surface area contributed by atoms with Gasteiger partial charge >= 0.3 is 5.97 Å². The molecular formula is C15H13FN2O3. The van der Waals surface area contributed by atoms with Gasteiger partial charge in [0, 0.05) is 6.20 Å². The van der Waals surface area contributed by atoms with Gasteiger partial charge in [0.25, 0.3) is 5.91 Å². The standard InChI is InChI=1S/C15H13FN2O3/c1-9-3-2-4-12(13(9)16)14(19)18-8-11-7-10(15(20)21)5-6-17-11/h2-7H,8H2,1H3,(H,18,19)(H,20,21). The lowest BCUT2D eigenvalue weighted by Gasteiger charge is -2.07. The molecule has 1 amide bonds. The molecule has 108 valence electrons. The predicted molar refractivity (Wildman–Crippen MR) is 73.5 cm³/mol. The summed E-state index contributed by atoms with van der Waals surface area (Å²) in [5.74, 6) is -2.21. The number of benzene rings is 1. The highest BCUT2D eigenvalue weighted by Crippen LogP contribution is 2.12. The number of pyridine rings is 1. The minimum Gasteiger partial charge on any atom is -0.478 e. The number of aromatic carboxylic acids is 1. The van der Waals surface area contributed by atoms with Crippen LogP contribution >= 0.6 is 0 Å².